The number of hydrogen-bond donors (Lipinski definition) is 5. The summed E-state index contributed by atoms with van der Waals surface area (Å²) >= 11 is 0. The topological polar surface area (TPSA) is 121 Å². The van der Waals surface area contributed by atoms with Crippen molar-refractivity contribution in [3.63, 3.8) is 0 Å². The molecule has 8 heteroatoms. The van der Waals surface area contributed by atoms with Gasteiger partial charge in [-0.3, -0.25) is 9.69 Å². The first kappa shape index (κ1) is 23.1. The van der Waals surface area contributed by atoms with E-state index < -0.39 is 22.8 Å². The van der Waals surface area contributed by atoms with Gasteiger partial charge in [0.05, 0.1) is 5.69 Å². The fraction of sp³-hybridized carbons (Fsp3) is 0.440. The molecular formula is C25H32N4O4. The van der Waals surface area contributed by atoms with Crippen molar-refractivity contribution in [3.05, 3.63) is 51.4 Å². The van der Waals surface area contributed by atoms with Crippen LogP contribution in [0.3, 0.4) is 0 Å². The van der Waals surface area contributed by atoms with Gasteiger partial charge in [-0.25, -0.2) is 4.79 Å². The van der Waals surface area contributed by atoms with Crippen LogP contribution in [0.4, 0.5) is 0 Å². The third-order valence-electron chi connectivity index (χ3n) is 6.68. The van der Waals surface area contributed by atoms with E-state index in [-0.39, 0.29) is 0 Å². The number of benzene rings is 1. The second-order valence-corrected chi connectivity index (χ2v) is 8.67. The molecule has 33 heavy (non-hydrogen) atoms. The van der Waals surface area contributed by atoms with Crippen molar-refractivity contribution >= 4 is 16.9 Å². The number of H-pyrrole nitrogens is 2. The Morgan fingerprint density at radius 1 is 1.24 bits per heavy atom. The van der Waals surface area contributed by atoms with E-state index in [9.17, 15) is 19.8 Å². The third kappa shape index (κ3) is 4.67. The van der Waals surface area contributed by atoms with E-state index in [1.54, 1.807) is 0 Å². The molecule has 0 spiro atoms. The molecule has 0 amide bonds. The van der Waals surface area contributed by atoms with Crippen LogP contribution in [-0.2, 0) is 12.8 Å². The Kier molecular flexibility index (Phi) is 6.85. The molecule has 8 nitrogen and oxygen atoms in total. The van der Waals surface area contributed by atoms with Crippen LogP contribution in [0.25, 0.3) is 22.2 Å². The molecule has 3 heterocycles. The van der Waals surface area contributed by atoms with E-state index in [4.69, 9.17) is 0 Å². The number of aromatic nitrogens is 2. The average molecular weight is 453 g/mol. The maximum absolute atomic E-state index is 12.3. The van der Waals surface area contributed by atoms with Crippen LogP contribution >= 0.6 is 0 Å². The summed E-state index contributed by atoms with van der Waals surface area (Å²) in [7, 11) is 0. The number of aromatic hydroxyl groups is 1. The number of pyridine rings is 1. The van der Waals surface area contributed by atoms with Crippen LogP contribution < -0.4 is 10.9 Å². The molecule has 1 aliphatic rings. The van der Waals surface area contributed by atoms with Crippen LogP contribution in [0.2, 0.25) is 0 Å². The summed E-state index contributed by atoms with van der Waals surface area (Å²) in [4.78, 5) is 32.3. The van der Waals surface area contributed by atoms with Gasteiger partial charge in [-0.1, -0.05) is 19.9 Å². The monoisotopic (exact) mass is 452 g/mol. The zero-order valence-electron chi connectivity index (χ0n) is 19.2. The normalized spacial score (nSPS) is 16.6. The average Bonchev–Trinajstić information content (AvgIpc) is 3.41. The number of hydrogen-bond acceptors (Lipinski definition) is 5. The highest BCUT2D eigenvalue weighted by molar-refractivity contribution is 5.92. The van der Waals surface area contributed by atoms with Gasteiger partial charge in [-0.05, 0) is 62.5 Å². The molecule has 1 saturated heterocycles. The quantitative estimate of drug-likeness (QED) is 0.318. The summed E-state index contributed by atoms with van der Waals surface area (Å²) in [5, 5.41) is 24.3. The lowest BCUT2D eigenvalue weighted by atomic mass is 9.99. The standard InChI is InChI=1S/C25H32N4O4/c1-3-19-22(28-24(31)21(23(19)30)25(32)33)15-7-8-20-16(12-15)13-17(27-20)9-10-26-14-18-6-5-11-29(18)4-2/h7-8,12-13,18,26-27H,3-6,9-11,14H2,1-2H3,(H,32,33)(H2,28,30,31). The van der Waals surface area contributed by atoms with Gasteiger partial charge in [0.2, 0.25) is 0 Å². The number of aromatic amines is 2. The molecule has 0 bridgehead atoms. The number of likely N-dealkylation sites (N-methyl/N-ethyl adjacent to an activating group) is 1. The first-order valence-corrected chi connectivity index (χ1v) is 11.7. The molecule has 0 aliphatic carbocycles. The molecule has 1 aromatic carbocycles. The van der Waals surface area contributed by atoms with Gasteiger partial charge in [0, 0.05) is 41.3 Å². The van der Waals surface area contributed by atoms with E-state index in [2.05, 4.69) is 33.2 Å². The van der Waals surface area contributed by atoms with Gasteiger partial charge in [0.1, 0.15) is 5.75 Å². The van der Waals surface area contributed by atoms with Gasteiger partial charge in [0.25, 0.3) is 5.56 Å². The minimum absolute atomic E-state index is 0.386. The fourth-order valence-electron chi connectivity index (χ4n) is 4.93. The second kappa shape index (κ2) is 9.80. The predicted octanol–water partition coefficient (Wildman–Crippen LogP) is 3.11. The Bertz CT molecular complexity index is 1210. The number of aromatic carboxylic acids is 1. The smallest absolute Gasteiger partial charge is 0.345 e. The lowest BCUT2D eigenvalue weighted by Gasteiger charge is -2.22. The SMILES string of the molecule is CCc1c(-c2ccc3[nH]c(CCNCC4CCCN4CC)cc3c2)[nH]c(=O)c(C(=O)O)c1O. The fourth-order valence-corrected chi connectivity index (χ4v) is 4.93. The number of fused-ring (bicyclic) bond motifs is 1. The van der Waals surface area contributed by atoms with E-state index in [0.29, 0.717) is 23.7 Å². The minimum Gasteiger partial charge on any atom is -0.506 e. The third-order valence-corrected chi connectivity index (χ3v) is 6.68. The van der Waals surface area contributed by atoms with Crippen LogP contribution in [0.1, 0.15) is 48.3 Å². The van der Waals surface area contributed by atoms with Crippen molar-refractivity contribution in [2.45, 2.75) is 45.6 Å². The molecule has 2 aromatic heterocycles. The Hall–Kier alpha value is -3.10. The van der Waals surface area contributed by atoms with E-state index in [1.165, 1.54) is 19.4 Å². The molecule has 5 N–H and O–H groups in total. The lowest BCUT2D eigenvalue weighted by Crippen LogP contribution is -2.38. The Labute approximate surface area is 192 Å². The van der Waals surface area contributed by atoms with Crippen molar-refractivity contribution in [2.24, 2.45) is 0 Å². The van der Waals surface area contributed by atoms with Crippen molar-refractivity contribution in [3.8, 4) is 17.0 Å². The summed E-state index contributed by atoms with van der Waals surface area (Å²) in [5.41, 5.74) is 2.29. The van der Waals surface area contributed by atoms with Crippen LogP contribution in [0.5, 0.6) is 5.75 Å². The van der Waals surface area contributed by atoms with Gasteiger partial charge < -0.3 is 25.5 Å². The molecule has 1 fully saturated rings. The van der Waals surface area contributed by atoms with Gasteiger partial charge in [-0.15, -0.1) is 0 Å². The van der Waals surface area contributed by atoms with Crippen LogP contribution in [-0.4, -0.2) is 63.3 Å². The second-order valence-electron chi connectivity index (χ2n) is 8.67. The largest absolute Gasteiger partial charge is 0.506 e. The highest BCUT2D eigenvalue weighted by atomic mass is 16.4. The minimum atomic E-state index is -1.44. The Morgan fingerprint density at radius 2 is 2.06 bits per heavy atom. The van der Waals surface area contributed by atoms with E-state index >= 15 is 0 Å². The van der Waals surface area contributed by atoms with Gasteiger partial charge >= 0.3 is 5.97 Å². The molecule has 4 rings (SSSR count). The lowest BCUT2D eigenvalue weighted by molar-refractivity contribution is 0.0691. The summed E-state index contributed by atoms with van der Waals surface area (Å²) < 4.78 is 0. The summed E-state index contributed by atoms with van der Waals surface area (Å²) in [5.74, 6) is -1.90. The molecule has 0 saturated carbocycles. The summed E-state index contributed by atoms with van der Waals surface area (Å²) in [6.07, 6.45) is 3.82. The Balaban J connectivity index is 1.50. The molecule has 1 unspecified atom stereocenters. The van der Waals surface area contributed by atoms with Crippen molar-refractivity contribution < 1.29 is 15.0 Å². The van der Waals surface area contributed by atoms with Crippen molar-refractivity contribution in [1.29, 1.82) is 0 Å². The zero-order chi connectivity index (χ0) is 23.5. The maximum atomic E-state index is 12.3. The van der Waals surface area contributed by atoms with Gasteiger partial charge in [0.15, 0.2) is 5.56 Å². The van der Waals surface area contributed by atoms with Crippen molar-refractivity contribution in [1.82, 2.24) is 20.2 Å². The van der Waals surface area contributed by atoms with Crippen LogP contribution in [0, 0.1) is 0 Å². The van der Waals surface area contributed by atoms with Gasteiger partial charge in [-0.2, -0.15) is 0 Å². The predicted molar refractivity (Wildman–Crippen MR) is 129 cm³/mol. The molecule has 1 aliphatic heterocycles. The van der Waals surface area contributed by atoms with E-state index in [0.717, 1.165) is 48.2 Å². The molecule has 0 radical (unpaired) electrons. The molecule has 3 aromatic rings. The molecular weight excluding hydrogens is 420 g/mol. The first-order valence-electron chi connectivity index (χ1n) is 11.7. The summed E-state index contributed by atoms with van der Waals surface area (Å²) in [6.45, 7) is 8.26. The van der Waals surface area contributed by atoms with Crippen LogP contribution in [0.15, 0.2) is 29.1 Å². The maximum Gasteiger partial charge on any atom is 0.345 e. The number of carboxylic acid groups (broad SMARTS) is 1. The zero-order valence-corrected chi connectivity index (χ0v) is 19.2. The summed E-state index contributed by atoms with van der Waals surface area (Å²) in [6, 6.07) is 8.50. The van der Waals surface area contributed by atoms with E-state index in [1.807, 2.05) is 25.1 Å². The first-order chi connectivity index (χ1) is 15.9. The number of rotatable bonds is 9. The highest BCUT2D eigenvalue weighted by Gasteiger charge is 2.23. The van der Waals surface area contributed by atoms with Crippen molar-refractivity contribution in [2.75, 3.05) is 26.2 Å². The number of carboxylic acids is 1. The number of likely N-dealkylation sites (tertiary alicyclic amines) is 1. The Morgan fingerprint density at radius 3 is 2.79 bits per heavy atom. The number of nitrogens with one attached hydrogen (secondary N) is 3. The number of nitrogens with zero attached hydrogens (tertiary/aromatic N) is 1. The number of carbonyl (C=O) groups is 1. The molecule has 176 valence electrons. The highest BCUT2D eigenvalue weighted by Crippen LogP contribution is 2.31. The molecule has 1 atom stereocenters.